The molecule has 0 radical (unpaired) electrons. The van der Waals surface area contributed by atoms with E-state index < -0.39 is 24.6 Å². The van der Waals surface area contributed by atoms with Crippen LogP contribution in [0.15, 0.2) is 42.6 Å². The van der Waals surface area contributed by atoms with Crippen molar-refractivity contribution in [2.24, 2.45) is 0 Å². The quantitative estimate of drug-likeness (QED) is 0.348. The van der Waals surface area contributed by atoms with Crippen molar-refractivity contribution in [1.82, 2.24) is 14.5 Å². The summed E-state index contributed by atoms with van der Waals surface area (Å²) in [6.07, 6.45) is -6.07. The van der Waals surface area contributed by atoms with E-state index in [1.165, 1.54) is 6.07 Å². The molecule has 0 aliphatic carbocycles. The van der Waals surface area contributed by atoms with Crippen LogP contribution in [-0.2, 0) is 12.7 Å². The second-order valence-corrected chi connectivity index (χ2v) is 8.78. The Morgan fingerprint density at radius 2 is 1.81 bits per heavy atom. The molecule has 36 heavy (non-hydrogen) atoms. The van der Waals surface area contributed by atoms with Crippen molar-refractivity contribution in [2.75, 3.05) is 37.3 Å². The van der Waals surface area contributed by atoms with Gasteiger partial charge >= 0.3 is 12.4 Å². The van der Waals surface area contributed by atoms with Crippen molar-refractivity contribution in [3.63, 3.8) is 0 Å². The molecule has 0 spiro atoms. The number of aromatic nitrogens is 2. The van der Waals surface area contributed by atoms with Gasteiger partial charge in [-0.3, -0.25) is 0 Å². The maximum absolute atomic E-state index is 13.4. The average Bonchev–Trinajstić information content (AvgIpc) is 3.15. The zero-order valence-corrected chi connectivity index (χ0v) is 19.5. The van der Waals surface area contributed by atoms with Crippen molar-refractivity contribution >= 4 is 22.3 Å². The lowest BCUT2D eigenvalue weighted by Crippen LogP contribution is -2.36. The first-order valence-electron chi connectivity index (χ1n) is 11.4. The zero-order chi connectivity index (χ0) is 25.9. The van der Waals surface area contributed by atoms with Gasteiger partial charge in [0.05, 0.1) is 29.6 Å². The smallest absolute Gasteiger partial charge is 0.382 e. The number of piperidine rings is 1. The molecular formula is C25H25F6N5. The van der Waals surface area contributed by atoms with E-state index in [1.54, 1.807) is 18.2 Å². The van der Waals surface area contributed by atoms with Crippen LogP contribution in [0, 0.1) is 11.8 Å². The molecule has 2 aromatic heterocycles. The standard InChI is InChI=1S/C25H25F6N5/c1-35-12-9-17(10-13-35)34-21-5-2-6-22-20(21)14-19(36(22)16-24(26,27)28)4-3-11-32-18-7-8-23(33-15-18)25(29,30)31/h2,5-8,14-15,17,32,34H,9-13,16H2,1H3. The highest BCUT2D eigenvalue weighted by Gasteiger charge is 2.32. The van der Waals surface area contributed by atoms with Crippen molar-refractivity contribution in [1.29, 1.82) is 0 Å². The van der Waals surface area contributed by atoms with Gasteiger partial charge in [0.2, 0.25) is 0 Å². The second-order valence-electron chi connectivity index (χ2n) is 8.78. The molecule has 1 aliphatic heterocycles. The molecule has 0 unspecified atom stereocenters. The predicted octanol–water partition coefficient (Wildman–Crippen LogP) is 5.59. The van der Waals surface area contributed by atoms with E-state index in [4.69, 9.17) is 0 Å². The van der Waals surface area contributed by atoms with E-state index in [1.807, 2.05) is 6.07 Å². The van der Waals surface area contributed by atoms with Crippen LogP contribution in [0.4, 0.5) is 37.7 Å². The third-order valence-corrected chi connectivity index (χ3v) is 6.01. The van der Waals surface area contributed by atoms with Crippen molar-refractivity contribution < 1.29 is 26.3 Å². The number of alkyl halides is 6. The molecule has 5 nitrogen and oxygen atoms in total. The number of hydrogen-bond acceptors (Lipinski definition) is 4. The fraction of sp³-hybridized carbons (Fsp3) is 0.400. The summed E-state index contributed by atoms with van der Waals surface area (Å²) in [5.41, 5.74) is 0.694. The molecule has 0 saturated carbocycles. The average molecular weight is 509 g/mol. The number of likely N-dealkylation sites (tertiary alicyclic amines) is 1. The molecule has 0 atom stereocenters. The lowest BCUT2D eigenvalue weighted by molar-refractivity contribution is -0.141. The Hall–Kier alpha value is -3.39. The Morgan fingerprint density at radius 1 is 1.06 bits per heavy atom. The Morgan fingerprint density at radius 3 is 2.44 bits per heavy atom. The summed E-state index contributed by atoms with van der Waals surface area (Å²) in [6.45, 7) is 0.720. The summed E-state index contributed by atoms with van der Waals surface area (Å²) in [5, 5.41) is 6.95. The van der Waals surface area contributed by atoms with Gasteiger partial charge in [-0.1, -0.05) is 12.0 Å². The van der Waals surface area contributed by atoms with Gasteiger partial charge in [0, 0.05) is 17.1 Å². The third kappa shape index (κ3) is 6.43. The molecule has 11 heteroatoms. The van der Waals surface area contributed by atoms with E-state index in [9.17, 15) is 26.3 Å². The molecular weight excluding hydrogens is 484 g/mol. The number of nitrogens with zero attached hydrogens (tertiary/aromatic N) is 3. The molecule has 1 fully saturated rings. The Balaban J connectivity index is 1.55. The number of pyridine rings is 1. The number of nitrogens with one attached hydrogen (secondary N) is 2. The minimum atomic E-state index is -4.54. The molecule has 2 N–H and O–H groups in total. The Kier molecular flexibility index (Phi) is 7.36. The maximum Gasteiger partial charge on any atom is 0.433 e. The normalized spacial score (nSPS) is 15.5. The fourth-order valence-corrected chi connectivity index (χ4v) is 4.18. The summed E-state index contributed by atoms with van der Waals surface area (Å²) in [5.74, 6) is 5.55. The van der Waals surface area contributed by atoms with E-state index in [0.29, 0.717) is 16.6 Å². The van der Waals surface area contributed by atoms with Gasteiger partial charge in [-0.2, -0.15) is 26.3 Å². The minimum Gasteiger partial charge on any atom is -0.382 e. The molecule has 3 heterocycles. The summed E-state index contributed by atoms with van der Waals surface area (Å²) in [7, 11) is 2.06. The van der Waals surface area contributed by atoms with Gasteiger partial charge in [0.15, 0.2) is 0 Å². The van der Waals surface area contributed by atoms with Crippen molar-refractivity contribution in [3.8, 4) is 11.8 Å². The number of fused-ring (bicyclic) bond motifs is 1. The van der Waals surface area contributed by atoms with Gasteiger partial charge < -0.3 is 20.1 Å². The monoisotopic (exact) mass is 509 g/mol. The van der Waals surface area contributed by atoms with E-state index in [-0.39, 0.29) is 18.3 Å². The first-order valence-corrected chi connectivity index (χ1v) is 11.4. The largest absolute Gasteiger partial charge is 0.433 e. The van der Waals surface area contributed by atoms with Crippen LogP contribution < -0.4 is 10.6 Å². The molecule has 1 aliphatic rings. The first kappa shape index (κ1) is 25.7. The van der Waals surface area contributed by atoms with Gasteiger partial charge in [-0.15, -0.1) is 0 Å². The topological polar surface area (TPSA) is 45.1 Å². The van der Waals surface area contributed by atoms with Gasteiger partial charge in [-0.05, 0) is 69.2 Å². The summed E-state index contributed by atoms with van der Waals surface area (Å²) < 4.78 is 79.2. The van der Waals surface area contributed by atoms with Gasteiger partial charge in [0.1, 0.15) is 12.2 Å². The van der Waals surface area contributed by atoms with Crippen molar-refractivity contribution in [2.45, 2.75) is 37.8 Å². The van der Waals surface area contributed by atoms with Gasteiger partial charge in [0.25, 0.3) is 0 Å². The van der Waals surface area contributed by atoms with Crippen LogP contribution in [0.3, 0.4) is 0 Å². The van der Waals surface area contributed by atoms with Gasteiger partial charge in [-0.25, -0.2) is 4.98 Å². The number of hydrogen-bond donors (Lipinski definition) is 2. The second kappa shape index (κ2) is 10.3. The molecule has 0 amide bonds. The Labute approximate surface area is 204 Å². The first-order chi connectivity index (χ1) is 17.0. The third-order valence-electron chi connectivity index (χ3n) is 6.01. The number of anilines is 2. The highest BCUT2D eigenvalue weighted by Crippen LogP contribution is 2.31. The Bertz CT molecular complexity index is 1240. The number of rotatable bonds is 5. The van der Waals surface area contributed by atoms with E-state index >= 15 is 0 Å². The number of benzene rings is 1. The molecule has 1 aromatic carbocycles. The van der Waals surface area contributed by atoms with E-state index in [2.05, 4.69) is 39.4 Å². The molecule has 0 bridgehead atoms. The fourth-order valence-electron chi connectivity index (χ4n) is 4.18. The number of halogens is 6. The van der Waals surface area contributed by atoms with Crippen molar-refractivity contribution in [3.05, 3.63) is 54.0 Å². The van der Waals surface area contributed by atoms with E-state index in [0.717, 1.165) is 48.4 Å². The minimum absolute atomic E-state index is 0.0152. The van der Waals surface area contributed by atoms with Crippen LogP contribution in [0.2, 0.25) is 0 Å². The summed E-state index contributed by atoms with van der Waals surface area (Å²) >= 11 is 0. The van der Waals surface area contributed by atoms with Crippen LogP contribution in [0.5, 0.6) is 0 Å². The van der Waals surface area contributed by atoms with Crippen LogP contribution in [0.25, 0.3) is 10.9 Å². The molecule has 3 aromatic rings. The molecule has 1 saturated heterocycles. The lowest BCUT2D eigenvalue weighted by atomic mass is 10.0. The molecule has 192 valence electrons. The zero-order valence-electron chi connectivity index (χ0n) is 19.5. The molecule has 4 rings (SSSR count). The highest BCUT2D eigenvalue weighted by atomic mass is 19.4. The lowest BCUT2D eigenvalue weighted by Gasteiger charge is -2.30. The van der Waals surface area contributed by atoms with Crippen LogP contribution in [-0.4, -0.2) is 53.4 Å². The summed E-state index contributed by atoms with van der Waals surface area (Å²) in [4.78, 5) is 5.59. The summed E-state index contributed by atoms with van der Waals surface area (Å²) in [6, 6.07) is 9.16. The highest BCUT2D eigenvalue weighted by molar-refractivity contribution is 5.94. The van der Waals surface area contributed by atoms with Crippen LogP contribution >= 0.6 is 0 Å². The SMILES string of the molecule is CN1CCC(Nc2cccc3c2cc(C#CCNc2ccc(C(F)(F)F)nc2)n3CC(F)(F)F)CC1. The predicted molar refractivity (Wildman–Crippen MR) is 127 cm³/mol. The van der Waals surface area contributed by atoms with Crippen LogP contribution in [0.1, 0.15) is 24.2 Å². The maximum atomic E-state index is 13.4.